The molecule has 84 valence electrons. The molecule has 0 spiro atoms. The minimum atomic E-state index is -4.26. The Bertz CT molecular complexity index is 480. The van der Waals surface area contributed by atoms with Crippen molar-refractivity contribution in [1.82, 2.24) is 0 Å². The number of alkyl halides is 3. The second-order valence-electron chi connectivity index (χ2n) is 3.51. The predicted molar refractivity (Wildman–Crippen MR) is 59.5 cm³/mol. The van der Waals surface area contributed by atoms with Crippen LogP contribution < -0.4 is 0 Å². The Labute approximate surface area is 95.4 Å². The highest BCUT2D eigenvalue weighted by molar-refractivity contribution is 7.13. The molecule has 2 aromatic rings. The zero-order valence-electron chi connectivity index (χ0n) is 8.51. The van der Waals surface area contributed by atoms with E-state index in [-0.39, 0.29) is 0 Å². The van der Waals surface area contributed by atoms with E-state index in [4.69, 9.17) is 0 Å². The number of thiophene rings is 1. The van der Waals surface area contributed by atoms with E-state index in [2.05, 4.69) is 0 Å². The van der Waals surface area contributed by atoms with Crippen molar-refractivity contribution < 1.29 is 13.2 Å². The molecule has 0 atom stereocenters. The fourth-order valence-corrected chi connectivity index (χ4v) is 2.41. The van der Waals surface area contributed by atoms with Gasteiger partial charge in [-0.05, 0) is 41.6 Å². The maximum atomic E-state index is 12.3. The monoisotopic (exact) mass is 242 g/mol. The van der Waals surface area contributed by atoms with Crippen LogP contribution in [0.5, 0.6) is 0 Å². The zero-order chi connectivity index (χ0) is 11.8. The lowest BCUT2D eigenvalue weighted by atomic mass is 10.1. The topological polar surface area (TPSA) is 0 Å². The number of benzene rings is 1. The van der Waals surface area contributed by atoms with Crippen molar-refractivity contribution in [3.05, 3.63) is 46.8 Å². The van der Waals surface area contributed by atoms with Gasteiger partial charge < -0.3 is 0 Å². The van der Waals surface area contributed by atoms with Gasteiger partial charge in [0.15, 0.2) is 0 Å². The zero-order valence-corrected chi connectivity index (χ0v) is 9.32. The first-order valence-electron chi connectivity index (χ1n) is 4.70. The smallest absolute Gasteiger partial charge is 0.166 e. The lowest BCUT2D eigenvalue weighted by molar-refractivity contribution is -0.137. The number of rotatable bonds is 1. The molecule has 0 fully saturated rings. The Kier molecular flexibility index (Phi) is 2.76. The van der Waals surface area contributed by atoms with Gasteiger partial charge in [-0.2, -0.15) is 13.2 Å². The average Bonchev–Trinajstić information content (AvgIpc) is 2.63. The summed E-state index contributed by atoms with van der Waals surface area (Å²) in [5.41, 5.74) is 1.32. The van der Waals surface area contributed by atoms with Gasteiger partial charge in [-0.25, -0.2) is 0 Å². The summed E-state index contributed by atoms with van der Waals surface area (Å²) in [6.07, 6.45) is -4.26. The van der Waals surface area contributed by atoms with E-state index in [1.807, 2.05) is 18.4 Å². The summed E-state index contributed by atoms with van der Waals surface area (Å²) in [5.74, 6) is 0. The summed E-state index contributed by atoms with van der Waals surface area (Å²) in [6, 6.07) is 7.23. The van der Waals surface area contributed by atoms with Crippen LogP contribution in [-0.2, 0) is 6.18 Å². The van der Waals surface area contributed by atoms with Crippen molar-refractivity contribution in [2.24, 2.45) is 0 Å². The minimum absolute atomic E-state index is 0.606. The predicted octanol–water partition coefficient (Wildman–Crippen LogP) is 4.74. The van der Waals surface area contributed by atoms with Crippen LogP contribution in [-0.4, -0.2) is 0 Å². The Morgan fingerprint density at radius 1 is 1.00 bits per heavy atom. The molecule has 0 unspecified atom stereocenters. The Balaban J connectivity index is 2.37. The van der Waals surface area contributed by atoms with Crippen molar-refractivity contribution in [3.8, 4) is 10.4 Å². The first-order valence-corrected chi connectivity index (χ1v) is 5.58. The molecule has 1 aromatic heterocycles. The van der Waals surface area contributed by atoms with E-state index < -0.39 is 11.7 Å². The standard InChI is InChI=1S/C12H9F3S/c1-8-6-7-16-11(8)9-2-4-10(5-3-9)12(13,14)15/h2-7H,1H3. The molecule has 1 aromatic carbocycles. The molecular formula is C12H9F3S. The Morgan fingerprint density at radius 2 is 1.62 bits per heavy atom. The largest absolute Gasteiger partial charge is 0.416 e. The van der Waals surface area contributed by atoms with Gasteiger partial charge in [-0.3, -0.25) is 0 Å². The van der Waals surface area contributed by atoms with E-state index in [0.717, 1.165) is 28.1 Å². The second kappa shape index (κ2) is 3.94. The molecule has 0 N–H and O–H groups in total. The molecular weight excluding hydrogens is 233 g/mol. The summed E-state index contributed by atoms with van der Waals surface area (Å²) in [4.78, 5) is 1.02. The van der Waals surface area contributed by atoms with Crippen LogP contribution in [0.15, 0.2) is 35.7 Å². The quantitative estimate of drug-likeness (QED) is 0.677. The molecule has 1 heterocycles. The van der Waals surface area contributed by atoms with Gasteiger partial charge in [0.05, 0.1) is 5.56 Å². The third kappa shape index (κ3) is 2.11. The summed E-state index contributed by atoms with van der Waals surface area (Å²) in [6.45, 7) is 1.95. The SMILES string of the molecule is Cc1ccsc1-c1ccc(C(F)(F)F)cc1. The second-order valence-corrected chi connectivity index (χ2v) is 4.42. The van der Waals surface area contributed by atoms with Crippen LogP contribution in [0.25, 0.3) is 10.4 Å². The van der Waals surface area contributed by atoms with Crippen molar-refractivity contribution >= 4 is 11.3 Å². The average molecular weight is 242 g/mol. The van der Waals surface area contributed by atoms with Gasteiger partial charge in [0.2, 0.25) is 0 Å². The van der Waals surface area contributed by atoms with Crippen molar-refractivity contribution in [1.29, 1.82) is 0 Å². The molecule has 0 amide bonds. The molecule has 0 aliphatic rings. The Hall–Kier alpha value is -1.29. The normalized spacial score (nSPS) is 11.8. The number of hydrogen-bond donors (Lipinski definition) is 0. The van der Waals surface area contributed by atoms with Crippen LogP contribution in [0.1, 0.15) is 11.1 Å². The highest BCUT2D eigenvalue weighted by atomic mass is 32.1. The van der Waals surface area contributed by atoms with E-state index in [9.17, 15) is 13.2 Å². The third-order valence-electron chi connectivity index (χ3n) is 2.34. The van der Waals surface area contributed by atoms with Crippen molar-refractivity contribution in [3.63, 3.8) is 0 Å². The van der Waals surface area contributed by atoms with Gasteiger partial charge in [0, 0.05) is 4.88 Å². The maximum Gasteiger partial charge on any atom is 0.416 e. The highest BCUT2D eigenvalue weighted by Crippen LogP contribution is 2.33. The van der Waals surface area contributed by atoms with Crippen LogP contribution >= 0.6 is 11.3 Å². The first-order chi connectivity index (χ1) is 7.48. The lowest BCUT2D eigenvalue weighted by Crippen LogP contribution is -2.03. The molecule has 0 bridgehead atoms. The van der Waals surface area contributed by atoms with Gasteiger partial charge in [-0.15, -0.1) is 11.3 Å². The highest BCUT2D eigenvalue weighted by Gasteiger charge is 2.29. The minimum Gasteiger partial charge on any atom is -0.166 e. The van der Waals surface area contributed by atoms with Gasteiger partial charge in [0.25, 0.3) is 0 Å². The first kappa shape index (κ1) is 11.2. The van der Waals surface area contributed by atoms with Crippen LogP contribution in [0, 0.1) is 6.92 Å². The maximum absolute atomic E-state index is 12.3. The molecule has 2 rings (SSSR count). The summed E-state index contributed by atoms with van der Waals surface area (Å²) < 4.78 is 37.0. The molecule has 0 aliphatic carbocycles. The summed E-state index contributed by atoms with van der Waals surface area (Å²) >= 11 is 1.53. The third-order valence-corrected chi connectivity index (χ3v) is 3.40. The van der Waals surface area contributed by atoms with E-state index in [0.29, 0.717) is 0 Å². The van der Waals surface area contributed by atoms with Gasteiger partial charge in [0.1, 0.15) is 0 Å². The van der Waals surface area contributed by atoms with E-state index >= 15 is 0 Å². The summed E-state index contributed by atoms with van der Waals surface area (Å²) in [5, 5.41) is 1.93. The summed E-state index contributed by atoms with van der Waals surface area (Å²) in [7, 11) is 0. The molecule has 0 saturated heterocycles. The van der Waals surface area contributed by atoms with E-state index in [1.54, 1.807) is 0 Å². The molecule has 0 aliphatic heterocycles. The lowest BCUT2D eigenvalue weighted by Gasteiger charge is -2.07. The van der Waals surface area contributed by atoms with Crippen molar-refractivity contribution in [2.45, 2.75) is 13.1 Å². The number of hydrogen-bond acceptors (Lipinski definition) is 1. The van der Waals surface area contributed by atoms with Crippen LogP contribution in [0.4, 0.5) is 13.2 Å². The molecule has 16 heavy (non-hydrogen) atoms. The van der Waals surface area contributed by atoms with Crippen LogP contribution in [0.2, 0.25) is 0 Å². The fourth-order valence-electron chi connectivity index (χ4n) is 1.48. The van der Waals surface area contributed by atoms with Crippen molar-refractivity contribution in [2.75, 3.05) is 0 Å². The molecule has 0 radical (unpaired) electrons. The Morgan fingerprint density at radius 3 is 2.06 bits per heavy atom. The molecule has 0 nitrogen and oxygen atoms in total. The van der Waals surface area contributed by atoms with Crippen LogP contribution in [0.3, 0.4) is 0 Å². The fraction of sp³-hybridized carbons (Fsp3) is 0.167. The number of halogens is 3. The molecule has 4 heteroatoms. The van der Waals surface area contributed by atoms with E-state index in [1.165, 1.54) is 23.5 Å². The molecule has 0 saturated carbocycles. The van der Waals surface area contributed by atoms with Gasteiger partial charge >= 0.3 is 6.18 Å². The number of aryl methyl sites for hydroxylation is 1. The van der Waals surface area contributed by atoms with Gasteiger partial charge in [-0.1, -0.05) is 12.1 Å².